The van der Waals surface area contributed by atoms with Crippen LogP contribution < -0.4 is 5.73 Å². The standard InChI is InChI=1S/C12H19N3OS.2ClH/c1-8(13)10-3-5-15(6-4-10)12(16)11-9(2)14-7-17-11;;/h7-8,10H,3-6,13H2,1-2H3;2*1H. The Morgan fingerprint density at radius 3 is 2.47 bits per heavy atom. The van der Waals surface area contributed by atoms with Crippen molar-refractivity contribution in [2.45, 2.75) is 32.7 Å². The molecule has 0 saturated carbocycles. The lowest BCUT2D eigenvalue weighted by Crippen LogP contribution is -2.42. The molecule has 1 aromatic heterocycles. The predicted molar refractivity (Wildman–Crippen MR) is 83.6 cm³/mol. The fourth-order valence-electron chi connectivity index (χ4n) is 2.28. The van der Waals surface area contributed by atoms with Crippen LogP contribution >= 0.6 is 36.2 Å². The lowest BCUT2D eigenvalue weighted by molar-refractivity contribution is 0.0685. The number of carbonyl (C=O) groups excluding carboxylic acids is 1. The smallest absolute Gasteiger partial charge is 0.265 e. The molecule has 1 atom stereocenters. The molecule has 1 unspecified atom stereocenters. The Hall–Kier alpha value is -0.360. The van der Waals surface area contributed by atoms with E-state index in [0.717, 1.165) is 36.5 Å². The maximum atomic E-state index is 12.2. The van der Waals surface area contributed by atoms with E-state index < -0.39 is 0 Å². The molecule has 0 aromatic carbocycles. The molecule has 1 amide bonds. The van der Waals surface area contributed by atoms with Gasteiger partial charge >= 0.3 is 0 Å². The second kappa shape index (κ2) is 8.04. The molecule has 1 aromatic rings. The first-order valence-electron chi connectivity index (χ1n) is 6.04. The van der Waals surface area contributed by atoms with Gasteiger partial charge in [-0.1, -0.05) is 0 Å². The summed E-state index contributed by atoms with van der Waals surface area (Å²) in [6.07, 6.45) is 2.03. The summed E-state index contributed by atoms with van der Waals surface area (Å²) in [7, 11) is 0. The molecule has 1 aliphatic heterocycles. The number of hydrogen-bond donors (Lipinski definition) is 1. The van der Waals surface area contributed by atoms with E-state index in [1.807, 2.05) is 11.8 Å². The number of hydrogen-bond acceptors (Lipinski definition) is 4. The molecule has 1 saturated heterocycles. The minimum atomic E-state index is 0. The molecule has 4 nitrogen and oxygen atoms in total. The molecule has 0 aliphatic carbocycles. The van der Waals surface area contributed by atoms with Crippen molar-refractivity contribution in [3.63, 3.8) is 0 Å². The number of carbonyl (C=O) groups is 1. The van der Waals surface area contributed by atoms with E-state index in [0.29, 0.717) is 5.92 Å². The summed E-state index contributed by atoms with van der Waals surface area (Å²) in [4.78, 5) is 19.1. The second-order valence-corrected chi connectivity index (χ2v) is 5.61. The van der Waals surface area contributed by atoms with Gasteiger partial charge in [-0.2, -0.15) is 0 Å². The van der Waals surface area contributed by atoms with Crippen molar-refractivity contribution in [2.24, 2.45) is 11.7 Å². The van der Waals surface area contributed by atoms with E-state index >= 15 is 0 Å². The van der Waals surface area contributed by atoms with Gasteiger partial charge in [-0.05, 0) is 32.6 Å². The summed E-state index contributed by atoms with van der Waals surface area (Å²) in [5.41, 5.74) is 8.47. The number of aryl methyl sites for hydroxylation is 1. The van der Waals surface area contributed by atoms with Crippen LogP contribution in [0.2, 0.25) is 0 Å². The number of rotatable bonds is 2. The summed E-state index contributed by atoms with van der Waals surface area (Å²) >= 11 is 1.43. The van der Waals surface area contributed by atoms with Gasteiger partial charge in [0.15, 0.2) is 0 Å². The van der Waals surface area contributed by atoms with E-state index in [4.69, 9.17) is 5.73 Å². The van der Waals surface area contributed by atoms with Crippen LogP contribution in [-0.2, 0) is 0 Å². The largest absolute Gasteiger partial charge is 0.338 e. The maximum Gasteiger partial charge on any atom is 0.265 e. The fraction of sp³-hybridized carbons (Fsp3) is 0.667. The monoisotopic (exact) mass is 325 g/mol. The van der Waals surface area contributed by atoms with Crippen LogP contribution in [0, 0.1) is 12.8 Å². The van der Waals surface area contributed by atoms with Gasteiger partial charge in [0.1, 0.15) is 4.88 Å². The lowest BCUT2D eigenvalue weighted by atomic mass is 9.91. The van der Waals surface area contributed by atoms with Gasteiger partial charge in [0.2, 0.25) is 0 Å². The zero-order valence-corrected chi connectivity index (χ0v) is 13.6. The highest BCUT2D eigenvalue weighted by atomic mass is 35.5. The van der Waals surface area contributed by atoms with E-state index in [1.165, 1.54) is 11.3 Å². The molecule has 0 bridgehead atoms. The third-order valence-corrected chi connectivity index (χ3v) is 4.43. The molecule has 7 heteroatoms. The van der Waals surface area contributed by atoms with Crippen molar-refractivity contribution >= 4 is 42.1 Å². The summed E-state index contributed by atoms with van der Waals surface area (Å²) in [5, 5.41) is 0. The maximum absolute atomic E-state index is 12.2. The van der Waals surface area contributed by atoms with Crippen LogP contribution in [0.25, 0.3) is 0 Å². The third-order valence-electron chi connectivity index (χ3n) is 3.51. The highest BCUT2D eigenvalue weighted by molar-refractivity contribution is 7.11. The average molecular weight is 326 g/mol. The van der Waals surface area contributed by atoms with E-state index in [1.54, 1.807) is 5.51 Å². The van der Waals surface area contributed by atoms with Crippen LogP contribution in [-0.4, -0.2) is 34.9 Å². The molecule has 2 rings (SSSR count). The number of thiazole rings is 1. The molecule has 0 spiro atoms. The summed E-state index contributed by atoms with van der Waals surface area (Å²) < 4.78 is 0. The molecule has 0 radical (unpaired) electrons. The quantitative estimate of drug-likeness (QED) is 0.908. The molecular formula is C12H21Cl2N3OS. The van der Waals surface area contributed by atoms with Gasteiger partial charge in [-0.25, -0.2) is 4.98 Å². The van der Waals surface area contributed by atoms with Gasteiger partial charge in [-0.15, -0.1) is 36.2 Å². The number of nitrogens with zero attached hydrogens (tertiary/aromatic N) is 2. The van der Waals surface area contributed by atoms with Gasteiger partial charge in [0.25, 0.3) is 5.91 Å². The molecular weight excluding hydrogens is 305 g/mol. The van der Waals surface area contributed by atoms with Crippen LogP contribution in [0.4, 0.5) is 0 Å². The first kappa shape index (κ1) is 18.6. The van der Waals surface area contributed by atoms with Crippen molar-refractivity contribution in [3.8, 4) is 0 Å². The number of piperidine rings is 1. The molecule has 1 fully saturated rings. The van der Waals surface area contributed by atoms with Crippen LogP contribution in [0.3, 0.4) is 0 Å². The Bertz CT molecular complexity index is 403. The van der Waals surface area contributed by atoms with Crippen molar-refractivity contribution < 1.29 is 4.79 Å². The summed E-state index contributed by atoms with van der Waals surface area (Å²) in [5.74, 6) is 0.690. The number of aromatic nitrogens is 1. The fourth-order valence-corrected chi connectivity index (χ4v) is 3.05. The number of likely N-dealkylation sites (tertiary alicyclic amines) is 1. The SMILES string of the molecule is Cc1ncsc1C(=O)N1CCC(C(C)N)CC1.Cl.Cl. The lowest BCUT2D eigenvalue weighted by Gasteiger charge is -2.33. The van der Waals surface area contributed by atoms with Gasteiger partial charge < -0.3 is 10.6 Å². The number of nitrogens with two attached hydrogens (primary N) is 1. The third kappa shape index (κ3) is 4.31. The Morgan fingerprint density at radius 1 is 1.47 bits per heavy atom. The average Bonchev–Trinajstić information content (AvgIpc) is 2.74. The van der Waals surface area contributed by atoms with Crippen LogP contribution in [0.1, 0.15) is 35.1 Å². The molecule has 110 valence electrons. The Morgan fingerprint density at radius 2 is 2.05 bits per heavy atom. The topological polar surface area (TPSA) is 59.2 Å². The summed E-state index contributed by atoms with van der Waals surface area (Å²) in [6, 6.07) is 0.234. The van der Waals surface area contributed by atoms with E-state index in [9.17, 15) is 4.79 Å². The molecule has 1 aliphatic rings. The van der Waals surface area contributed by atoms with Crippen molar-refractivity contribution in [1.82, 2.24) is 9.88 Å². The summed E-state index contributed by atoms with van der Waals surface area (Å²) in [6.45, 7) is 5.58. The Kier molecular flexibility index (Phi) is 7.89. The number of amides is 1. The first-order chi connectivity index (χ1) is 8.09. The van der Waals surface area contributed by atoms with E-state index in [-0.39, 0.29) is 36.8 Å². The minimum absolute atomic E-state index is 0. The number of halogens is 2. The zero-order valence-electron chi connectivity index (χ0n) is 11.2. The van der Waals surface area contributed by atoms with Gasteiger partial charge in [0, 0.05) is 19.1 Å². The molecule has 19 heavy (non-hydrogen) atoms. The van der Waals surface area contributed by atoms with Gasteiger partial charge in [0.05, 0.1) is 11.2 Å². The first-order valence-corrected chi connectivity index (χ1v) is 6.92. The second-order valence-electron chi connectivity index (χ2n) is 4.76. The zero-order chi connectivity index (χ0) is 12.4. The van der Waals surface area contributed by atoms with Crippen LogP contribution in [0.15, 0.2) is 5.51 Å². The predicted octanol–water partition coefficient (Wildman–Crippen LogP) is 2.49. The van der Waals surface area contributed by atoms with Crippen molar-refractivity contribution in [3.05, 3.63) is 16.1 Å². The minimum Gasteiger partial charge on any atom is -0.338 e. The highest BCUT2D eigenvalue weighted by Gasteiger charge is 2.26. The highest BCUT2D eigenvalue weighted by Crippen LogP contribution is 2.23. The van der Waals surface area contributed by atoms with E-state index in [2.05, 4.69) is 11.9 Å². The molecule has 2 N–H and O–H groups in total. The Balaban J connectivity index is 0.00000162. The normalized spacial score (nSPS) is 17.3. The van der Waals surface area contributed by atoms with Gasteiger partial charge in [-0.3, -0.25) is 4.79 Å². The Labute approximate surface area is 130 Å². The van der Waals surface area contributed by atoms with Crippen molar-refractivity contribution in [2.75, 3.05) is 13.1 Å². The molecule has 2 heterocycles. The van der Waals surface area contributed by atoms with Crippen molar-refractivity contribution in [1.29, 1.82) is 0 Å². The van der Waals surface area contributed by atoms with Crippen LogP contribution in [0.5, 0.6) is 0 Å².